The first-order valence-corrected chi connectivity index (χ1v) is 9.05. The number of hydrogen-bond donors (Lipinski definition) is 1. The summed E-state index contributed by atoms with van der Waals surface area (Å²) in [6.45, 7) is 9.09. The van der Waals surface area contributed by atoms with Crippen LogP contribution in [0.3, 0.4) is 0 Å². The lowest BCUT2D eigenvalue weighted by molar-refractivity contribution is -0.120. The monoisotopic (exact) mass is 343 g/mol. The van der Waals surface area contributed by atoms with Gasteiger partial charge in [0.15, 0.2) is 0 Å². The van der Waals surface area contributed by atoms with Crippen molar-refractivity contribution in [2.75, 3.05) is 13.2 Å². The van der Waals surface area contributed by atoms with Gasteiger partial charge in [-0.1, -0.05) is 23.8 Å². The first-order chi connectivity index (χ1) is 11.5. The summed E-state index contributed by atoms with van der Waals surface area (Å²) >= 11 is 1.57. The third-order valence-electron chi connectivity index (χ3n) is 3.85. The van der Waals surface area contributed by atoms with Gasteiger partial charge in [0.05, 0.1) is 11.8 Å². The fourth-order valence-electron chi connectivity index (χ4n) is 2.17. The standard InChI is InChI=1S/C20H25NO2S/c1-14-5-9-19(10-6-14)24-17(4)20(22)21-11-12-23-18-8-7-15(2)16(3)13-18/h5-10,13,17H,11-12H2,1-4H3,(H,21,22). The van der Waals surface area contributed by atoms with Gasteiger partial charge in [-0.05, 0) is 63.1 Å². The molecular weight excluding hydrogens is 318 g/mol. The zero-order chi connectivity index (χ0) is 17.5. The first-order valence-electron chi connectivity index (χ1n) is 8.17. The highest BCUT2D eigenvalue weighted by atomic mass is 32.2. The van der Waals surface area contributed by atoms with Crippen molar-refractivity contribution in [2.24, 2.45) is 0 Å². The van der Waals surface area contributed by atoms with Crippen LogP contribution in [-0.2, 0) is 4.79 Å². The molecule has 2 aromatic rings. The predicted molar refractivity (Wildman–Crippen MR) is 101 cm³/mol. The molecule has 0 saturated heterocycles. The molecule has 2 aromatic carbocycles. The predicted octanol–water partition coefficient (Wildman–Crippen LogP) is 4.29. The average molecular weight is 343 g/mol. The Morgan fingerprint density at radius 1 is 1.08 bits per heavy atom. The van der Waals surface area contributed by atoms with Crippen molar-refractivity contribution >= 4 is 17.7 Å². The van der Waals surface area contributed by atoms with Crippen LogP contribution in [0.15, 0.2) is 47.4 Å². The molecule has 0 aromatic heterocycles. The molecule has 0 aliphatic rings. The van der Waals surface area contributed by atoms with Crippen LogP contribution in [0.2, 0.25) is 0 Å². The van der Waals surface area contributed by atoms with Gasteiger partial charge in [0, 0.05) is 4.90 Å². The third kappa shape index (κ3) is 5.60. The highest BCUT2D eigenvalue weighted by molar-refractivity contribution is 8.00. The summed E-state index contributed by atoms with van der Waals surface area (Å²) in [7, 11) is 0. The molecule has 0 bridgehead atoms. The molecule has 1 atom stereocenters. The van der Waals surface area contributed by atoms with Crippen molar-refractivity contribution in [3.05, 3.63) is 59.2 Å². The minimum Gasteiger partial charge on any atom is -0.492 e. The Bertz CT molecular complexity index is 683. The molecule has 4 heteroatoms. The van der Waals surface area contributed by atoms with Crippen LogP contribution >= 0.6 is 11.8 Å². The van der Waals surface area contributed by atoms with Gasteiger partial charge in [0.25, 0.3) is 0 Å². The van der Waals surface area contributed by atoms with E-state index in [0.717, 1.165) is 10.6 Å². The summed E-state index contributed by atoms with van der Waals surface area (Å²) in [5.74, 6) is 0.874. The zero-order valence-electron chi connectivity index (χ0n) is 14.8. The highest BCUT2D eigenvalue weighted by Gasteiger charge is 2.13. The summed E-state index contributed by atoms with van der Waals surface area (Å²) < 4.78 is 5.68. The van der Waals surface area contributed by atoms with Crippen molar-refractivity contribution in [2.45, 2.75) is 37.8 Å². The number of benzene rings is 2. The maximum Gasteiger partial charge on any atom is 0.233 e. The fraction of sp³-hybridized carbons (Fsp3) is 0.350. The van der Waals surface area contributed by atoms with E-state index in [1.807, 2.05) is 37.3 Å². The summed E-state index contributed by atoms with van der Waals surface area (Å²) in [6, 6.07) is 14.2. The molecule has 0 saturated carbocycles. The molecule has 1 N–H and O–H groups in total. The van der Waals surface area contributed by atoms with Crippen molar-refractivity contribution in [1.29, 1.82) is 0 Å². The number of thioether (sulfide) groups is 1. The normalized spacial score (nSPS) is 11.8. The van der Waals surface area contributed by atoms with Gasteiger partial charge < -0.3 is 10.1 Å². The SMILES string of the molecule is Cc1ccc(SC(C)C(=O)NCCOc2ccc(C)c(C)c2)cc1. The van der Waals surface area contributed by atoms with E-state index in [4.69, 9.17) is 4.74 Å². The summed E-state index contributed by atoms with van der Waals surface area (Å²) in [6.07, 6.45) is 0. The van der Waals surface area contributed by atoms with E-state index >= 15 is 0 Å². The summed E-state index contributed by atoms with van der Waals surface area (Å²) in [5, 5.41) is 2.80. The van der Waals surface area contributed by atoms with Gasteiger partial charge in [-0.25, -0.2) is 0 Å². The Kier molecular flexibility index (Phi) is 6.73. The lowest BCUT2D eigenvalue weighted by Crippen LogP contribution is -2.33. The Balaban J connectivity index is 1.72. The van der Waals surface area contributed by atoms with Gasteiger partial charge in [-0.15, -0.1) is 11.8 Å². The van der Waals surface area contributed by atoms with Gasteiger partial charge in [-0.3, -0.25) is 4.79 Å². The maximum atomic E-state index is 12.1. The lowest BCUT2D eigenvalue weighted by Gasteiger charge is -2.13. The Labute approximate surface area is 148 Å². The first kappa shape index (κ1) is 18.4. The van der Waals surface area contributed by atoms with Crippen molar-refractivity contribution in [3.8, 4) is 5.75 Å². The second-order valence-corrected chi connectivity index (χ2v) is 7.37. The average Bonchev–Trinajstić information content (AvgIpc) is 2.56. The number of rotatable bonds is 7. The molecule has 0 radical (unpaired) electrons. The molecule has 2 rings (SSSR count). The van der Waals surface area contributed by atoms with E-state index in [0.29, 0.717) is 13.2 Å². The Hall–Kier alpha value is -1.94. The van der Waals surface area contributed by atoms with Gasteiger partial charge >= 0.3 is 0 Å². The van der Waals surface area contributed by atoms with Crippen LogP contribution in [0, 0.1) is 20.8 Å². The molecule has 0 spiro atoms. The van der Waals surface area contributed by atoms with E-state index < -0.39 is 0 Å². The van der Waals surface area contributed by atoms with Crippen LogP contribution in [0.4, 0.5) is 0 Å². The third-order valence-corrected chi connectivity index (χ3v) is 4.96. The molecule has 0 aliphatic carbocycles. The highest BCUT2D eigenvalue weighted by Crippen LogP contribution is 2.23. The molecule has 0 aliphatic heterocycles. The van der Waals surface area contributed by atoms with Crippen molar-refractivity contribution in [3.63, 3.8) is 0 Å². The van der Waals surface area contributed by atoms with Crippen LogP contribution in [0.25, 0.3) is 0 Å². The molecular formula is C20H25NO2S. The second-order valence-electron chi connectivity index (χ2n) is 5.96. The molecule has 1 unspecified atom stereocenters. The van der Waals surface area contributed by atoms with Crippen molar-refractivity contribution < 1.29 is 9.53 Å². The Morgan fingerprint density at radius 3 is 2.46 bits per heavy atom. The number of amides is 1. The van der Waals surface area contributed by atoms with E-state index in [1.165, 1.54) is 16.7 Å². The molecule has 24 heavy (non-hydrogen) atoms. The zero-order valence-corrected chi connectivity index (χ0v) is 15.6. The van der Waals surface area contributed by atoms with E-state index in [9.17, 15) is 4.79 Å². The van der Waals surface area contributed by atoms with Gasteiger partial charge in [-0.2, -0.15) is 0 Å². The lowest BCUT2D eigenvalue weighted by atomic mass is 10.1. The number of ether oxygens (including phenoxy) is 1. The molecule has 1 amide bonds. The van der Waals surface area contributed by atoms with E-state index in [-0.39, 0.29) is 11.2 Å². The van der Waals surface area contributed by atoms with Crippen LogP contribution < -0.4 is 10.1 Å². The fourth-order valence-corrected chi connectivity index (χ4v) is 3.06. The number of hydrogen-bond acceptors (Lipinski definition) is 3. The summed E-state index contributed by atoms with van der Waals surface area (Å²) in [5.41, 5.74) is 3.68. The maximum absolute atomic E-state index is 12.1. The number of carbonyl (C=O) groups excluding carboxylic acids is 1. The minimum absolute atomic E-state index is 0.0317. The van der Waals surface area contributed by atoms with E-state index in [2.05, 4.69) is 38.2 Å². The number of nitrogens with one attached hydrogen (secondary N) is 1. The minimum atomic E-state index is -0.130. The molecule has 0 fully saturated rings. The quantitative estimate of drug-likeness (QED) is 0.602. The topological polar surface area (TPSA) is 38.3 Å². The van der Waals surface area contributed by atoms with Crippen molar-refractivity contribution in [1.82, 2.24) is 5.32 Å². The van der Waals surface area contributed by atoms with Gasteiger partial charge in [0.1, 0.15) is 12.4 Å². The molecule has 3 nitrogen and oxygen atoms in total. The Morgan fingerprint density at radius 2 is 1.79 bits per heavy atom. The number of aryl methyl sites for hydroxylation is 3. The molecule has 0 heterocycles. The summed E-state index contributed by atoms with van der Waals surface area (Å²) in [4.78, 5) is 13.2. The smallest absolute Gasteiger partial charge is 0.233 e. The molecule has 128 valence electrons. The van der Waals surface area contributed by atoms with Crippen LogP contribution in [0.5, 0.6) is 5.75 Å². The van der Waals surface area contributed by atoms with Crippen LogP contribution in [-0.4, -0.2) is 24.3 Å². The largest absolute Gasteiger partial charge is 0.492 e. The number of carbonyl (C=O) groups is 1. The van der Waals surface area contributed by atoms with Crippen LogP contribution in [0.1, 0.15) is 23.6 Å². The van der Waals surface area contributed by atoms with Gasteiger partial charge in [0.2, 0.25) is 5.91 Å². The van der Waals surface area contributed by atoms with E-state index in [1.54, 1.807) is 11.8 Å². The second kappa shape index (κ2) is 8.78.